The van der Waals surface area contributed by atoms with E-state index in [4.69, 9.17) is 26.8 Å². The summed E-state index contributed by atoms with van der Waals surface area (Å²) in [6.45, 7) is 0. The van der Waals surface area contributed by atoms with Crippen molar-refractivity contribution in [3.8, 4) is 11.5 Å². The Morgan fingerprint density at radius 3 is 2.43 bits per heavy atom. The molecular formula is C15H15ClN2O3. The van der Waals surface area contributed by atoms with Gasteiger partial charge in [-0.15, -0.1) is 0 Å². The van der Waals surface area contributed by atoms with Crippen molar-refractivity contribution < 1.29 is 14.3 Å². The lowest BCUT2D eigenvalue weighted by atomic mass is 10.2. The van der Waals surface area contributed by atoms with Crippen LogP contribution in [0, 0.1) is 0 Å². The van der Waals surface area contributed by atoms with Gasteiger partial charge in [-0.25, -0.2) is 0 Å². The molecule has 3 N–H and O–H groups in total. The van der Waals surface area contributed by atoms with Crippen molar-refractivity contribution in [2.24, 2.45) is 0 Å². The summed E-state index contributed by atoms with van der Waals surface area (Å²) in [6.07, 6.45) is 0. The van der Waals surface area contributed by atoms with Crippen molar-refractivity contribution >= 4 is 28.9 Å². The predicted octanol–water partition coefficient (Wildman–Crippen LogP) is 3.19. The number of anilines is 2. The molecule has 0 saturated carbocycles. The summed E-state index contributed by atoms with van der Waals surface area (Å²) < 4.78 is 10.3. The molecule has 1 amide bonds. The van der Waals surface area contributed by atoms with Crippen molar-refractivity contribution in [3.05, 3.63) is 47.0 Å². The van der Waals surface area contributed by atoms with Crippen LogP contribution in [0.1, 0.15) is 10.4 Å². The van der Waals surface area contributed by atoms with Crippen LogP contribution in [0.5, 0.6) is 11.5 Å². The molecule has 0 aromatic heterocycles. The highest BCUT2D eigenvalue weighted by atomic mass is 35.5. The van der Waals surface area contributed by atoms with Gasteiger partial charge >= 0.3 is 0 Å². The third kappa shape index (κ3) is 3.20. The summed E-state index contributed by atoms with van der Waals surface area (Å²) in [5, 5.41) is 3.11. The quantitative estimate of drug-likeness (QED) is 0.851. The number of nitrogen functional groups attached to an aromatic ring is 1. The van der Waals surface area contributed by atoms with Gasteiger partial charge in [-0.1, -0.05) is 23.7 Å². The van der Waals surface area contributed by atoms with Crippen LogP contribution in [0.25, 0.3) is 0 Å². The first kappa shape index (κ1) is 15.0. The number of ether oxygens (including phenoxy) is 2. The first-order chi connectivity index (χ1) is 10.1. The summed E-state index contributed by atoms with van der Waals surface area (Å²) in [5.41, 5.74) is 7.05. The van der Waals surface area contributed by atoms with E-state index in [-0.39, 0.29) is 5.91 Å². The van der Waals surface area contributed by atoms with Crippen LogP contribution in [0.15, 0.2) is 36.4 Å². The number of methoxy groups -OCH3 is 2. The first-order valence-corrected chi connectivity index (χ1v) is 6.52. The van der Waals surface area contributed by atoms with Gasteiger partial charge in [0.1, 0.15) is 11.5 Å². The molecule has 6 heteroatoms. The van der Waals surface area contributed by atoms with Crippen molar-refractivity contribution in [2.45, 2.75) is 0 Å². The molecule has 0 atom stereocenters. The van der Waals surface area contributed by atoms with E-state index in [0.29, 0.717) is 33.5 Å². The fourth-order valence-electron chi connectivity index (χ4n) is 1.85. The zero-order chi connectivity index (χ0) is 15.4. The topological polar surface area (TPSA) is 73.6 Å². The maximum absolute atomic E-state index is 12.3. The number of hydrogen-bond donors (Lipinski definition) is 2. The molecular weight excluding hydrogens is 292 g/mol. The standard InChI is InChI=1S/C15H15ClN2O3/c1-20-13-8-12(14(21-2)7-11(13)17)18-15(19)9-5-3-4-6-10(9)16/h3-8H,17H2,1-2H3,(H,18,19). The Labute approximate surface area is 127 Å². The van der Waals surface area contributed by atoms with Crippen molar-refractivity contribution in [2.75, 3.05) is 25.3 Å². The normalized spacial score (nSPS) is 10.0. The van der Waals surface area contributed by atoms with Gasteiger partial charge < -0.3 is 20.5 Å². The number of nitrogens with two attached hydrogens (primary N) is 1. The Hall–Kier alpha value is -2.40. The highest BCUT2D eigenvalue weighted by molar-refractivity contribution is 6.34. The van der Waals surface area contributed by atoms with E-state index in [1.54, 1.807) is 36.4 Å². The Kier molecular flexibility index (Phi) is 4.55. The van der Waals surface area contributed by atoms with Crippen LogP contribution < -0.4 is 20.5 Å². The molecule has 0 aliphatic rings. The third-order valence-electron chi connectivity index (χ3n) is 2.92. The molecule has 0 radical (unpaired) electrons. The van der Waals surface area contributed by atoms with E-state index in [0.717, 1.165) is 0 Å². The van der Waals surface area contributed by atoms with E-state index in [9.17, 15) is 4.79 Å². The maximum atomic E-state index is 12.3. The molecule has 2 aromatic rings. The fourth-order valence-corrected chi connectivity index (χ4v) is 2.08. The van der Waals surface area contributed by atoms with Crippen LogP contribution in [0.3, 0.4) is 0 Å². The Balaban J connectivity index is 2.35. The molecule has 0 unspecified atom stereocenters. The monoisotopic (exact) mass is 306 g/mol. The van der Waals surface area contributed by atoms with Crippen LogP contribution in [-0.4, -0.2) is 20.1 Å². The van der Waals surface area contributed by atoms with E-state index in [2.05, 4.69) is 5.32 Å². The van der Waals surface area contributed by atoms with E-state index in [1.807, 2.05) is 0 Å². The summed E-state index contributed by atoms with van der Waals surface area (Å²) in [6, 6.07) is 9.97. The van der Waals surface area contributed by atoms with Crippen LogP contribution in [0.2, 0.25) is 5.02 Å². The second-order valence-corrected chi connectivity index (χ2v) is 4.64. The molecule has 0 aliphatic heterocycles. The number of rotatable bonds is 4. The zero-order valence-corrected chi connectivity index (χ0v) is 12.4. The molecule has 0 bridgehead atoms. The molecule has 0 spiro atoms. The largest absolute Gasteiger partial charge is 0.495 e. The van der Waals surface area contributed by atoms with Gasteiger partial charge in [-0.3, -0.25) is 4.79 Å². The van der Waals surface area contributed by atoms with Crippen molar-refractivity contribution in [1.29, 1.82) is 0 Å². The molecule has 2 rings (SSSR count). The lowest BCUT2D eigenvalue weighted by molar-refractivity contribution is 0.102. The molecule has 0 fully saturated rings. The molecule has 2 aromatic carbocycles. The second-order valence-electron chi connectivity index (χ2n) is 4.23. The number of halogens is 1. The SMILES string of the molecule is COc1cc(NC(=O)c2ccccc2Cl)c(OC)cc1N. The average Bonchev–Trinajstić information content (AvgIpc) is 2.48. The summed E-state index contributed by atoms with van der Waals surface area (Å²) in [7, 11) is 2.99. The number of hydrogen-bond acceptors (Lipinski definition) is 4. The van der Waals surface area contributed by atoms with Crippen LogP contribution >= 0.6 is 11.6 Å². The zero-order valence-electron chi connectivity index (χ0n) is 11.6. The van der Waals surface area contributed by atoms with Gasteiger partial charge in [0, 0.05) is 12.1 Å². The highest BCUT2D eigenvalue weighted by Gasteiger charge is 2.14. The molecule has 21 heavy (non-hydrogen) atoms. The van der Waals surface area contributed by atoms with Gasteiger partial charge in [-0.05, 0) is 12.1 Å². The molecule has 110 valence electrons. The van der Waals surface area contributed by atoms with E-state index >= 15 is 0 Å². The van der Waals surface area contributed by atoms with E-state index in [1.165, 1.54) is 14.2 Å². The van der Waals surface area contributed by atoms with Crippen molar-refractivity contribution in [3.63, 3.8) is 0 Å². The molecule has 0 saturated heterocycles. The lowest BCUT2D eigenvalue weighted by Crippen LogP contribution is -2.13. The van der Waals surface area contributed by atoms with Gasteiger partial charge in [-0.2, -0.15) is 0 Å². The number of benzene rings is 2. The molecule has 0 heterocycles. The Morgan fingerprint density at radius 2 is 1.81 bits per heavy atom. The Bertz CT molecular complexity index is 674. The average molecular weight is 307 g/mol. The molecule has 0 aliphatic carbocycles. The predicted molar refractivity (Wildman–Crippen MR) is 83.4 cm³/mol. The van der Waals surface area contributed by atoms with Gasteiger partial charge in [0.2, 0.25) is 0 Å². The van der Waals surface area contributed by atoms with Gasteiger partial charge in [0.05, 0.1) is 36.2 Å². The summed E-state index contributed by atoms with van der Waals surface area (Å²) >= 11 is 6.01. The van der Waals surface area contributed by atoms with E-state index < -0.39 is 0 Å². The number of carbonyl (C=O) groups is 1. The minimum Gasteiger partial charge on any atom is -0.495 e. The lowest BCUT2D eigenvalue weighted by Gasteiger charge is -2.14. The third-order valence-corrected chi connectivity index (χ3v) is 3.25. The van der Waals surface area contributed by atoms with Gasteiger partial charge in [0.25, 0.3) is 5.91 Å². The van der Waals surface area contributed by atoms with Gasteiger partial charge in [0.15, 0.2) is 0 Å². The second kappa shape index (κ2) is 6.37. The Morgan fingerprint density at radius 1 is 1.14 bits per heavy atom. The van der Waals surface area contributed by atoms with Crippen molar-refractivity contribution in [1.82, 2.24) is 0 Å². The number of carbonyl (C=O) groups excluding carboxylic acids is 1. The minimum absolute atomic E-state index is 0.342. The number of amides is 1. The summed E-state index contributed by atoms with van der Waals surface area (Å²) in [5.74, 6) is 0.546. The highest BCUT2D eigenvalue weighted by Crippen LogP contribution is 2.35. The molecule has 5 nitrogen and oxygen atoms in total. The maximum Gasteiger partial charge on any atom is 0.257 e. The fraction of sp³-hybridized carbons (Fsp3) is 0.133. The smallest absolute Gasteiger partial charge is 0.257 e. The minimum atomic E-state index is -0.342. The van der Waals surface area contributed by atoms with Crippen LogP contribution in [0.4, 0.5) is 11.4 Å². The van der Waals surface area contributed by atoms with Crippen LogP contribution in [-0.2, 0) is 0 Å². The first-order valence-electron chi connectivity index (χ1n) is 6.14. The number of nitrogens with one attached hydrogen (secondary N) is 1. The summed E-state index contributed by atoms with van der Waals surface area (Å²) in [4.78, 5) is 12.3.